The van der Waals surface area contributed by atoms with Gasteiger partial charge in [0.2, 0.25) is 0 Å². The molecule has 0 N–H and O–H groups in total. The summed E-state index contributed by atoms with van der Waals surface area (Å²) in [5, 5.41) is 0. The molecule has 1 heteroatoms. The maximum Gasteiger partial charge on any atom is 0.00939 e. The van der Waals surface area contributed by atoms with E-state index in [4.69, 9.17) is 6.42 Å². The first-order valence-corrected chi connectivity index (χ1v) is 6.10. The SMILES string of the molecule is C#CCCCSCC1CCCC1. The number of rotatable bonds is 5. The van der Waals surface area contributed by atoms with Gasteiger partial charge in [-0.2, -0.15) is 11.8 Å². The third-order valence-electron chi connectivity index (χ3n) is 2.44. The maximum atomic E-state index is 5.17. The Bertz CT molecular complexity index is 140. The third-order valence-corrected chi connectivity index (χ3v) is 3.72. The highest BCUT2D eigenvalue weighted by molar-refractivity contribution is 7.99. The van der Waals surface area contributed by atoms with Gasteiger partial charge in [0.05, 0.1) is 0 Å². The second-order valence-electron chi connectivity index (χ2n) is 3.53. The van der Waals surface area contributed by atoms with Gasteiger partial charge in [0.15, 0.2) is 0 Å². The summed E-state index contributed by atoms with van der Waals surface area (Å²) < 4.78 is 0. The third kappa shape index (κ3) is 4.07. The van der Waals surface area contributed by atoms with E-state index in [9.17, 15) is 0 Å². The Morgan fingerprint density at radius 3 is 2.75 bits per heavy atom. The summed E-state index contributed by atoms with van der Waals surface area (Å²) in [5.74, 6) is 6.36. The first-order valence-electron chi connectivity index (χ1n) is 4.94. The molecule has 0 spiro atoms. The molecule has 1 aliphatic rings. The standard InChI is InChI=1S/C11H18S/c1-2-3-6-9-12-10-11-7-4-5-8-11/h1,11H,3-10H2. The zero-order valence-corrected chi connectivity index (χ0v) is 8.54. The molecule has 0 nitrogen and oxygen atoms in total. The van der Waals surface area contributed by atoms with Crippen molar-refractivity contribution in [1.82, 2.24) is 0 Å². The fraction of sp³-hybridized carbons (Fsp3) is 0.818. The summed E-state index contributed by atoms with van der Waals surface area (Å²) in [4.78, 5) is 0. The molecule has 0 radical (unpaired) electrons. The smallest absolute Gasteiger partial charge is 0.00939 e. The fourth-order valence-electron chi connectivity index (χ4n) is 1.70. The summed E-state index contributed by atoms with van der Waals surface area (Å²) in [6.07, 6.45) is 13.2. The number of unbranched alkanes of at least 4 members (excludes halogenated alkanes) is 1. The van der Waals surface area contributed by atoms with Crippen LogP contribution in [0.25, 0.3) is 0 Å². The van der Waals surface area contributed by atoms with Gasteiger partial charge in [0.25, 0.3) is 0 Å². The molecule has 0 heterocycles. The van der Waals surface area contributed by atoms with Gasteiger partial charge in [0.1, 0.15) is 0 Å². The number of terminal acetylenes is 1. The van der Waals surface area contributed by atoms with Gasteiger partial charge in [-0.1, -0.05) is 12.8 Å². The summed E-state index contributed by atoms with van der Waals surface area (Å²) >= 11 is 2.09. The molecule has 0 saturated heterocycles. The number of hydrogen-bond acceptors (Lipinski definition) is 1. The molecule has 68 valence electrons. The first-order chi connectivity index (χ1) is 5.93. The van der Waals surface area contributed by atoms with Gasteiger partial charge in [-0.25, -0.2) is 0 Å². The molecule has 1 fully saturated rings. The molecule has 0 aromatic heterocycles. The first kappa shape index (κ1) is 9.99. The van der Waals surface area contributed by atoms with Gasteiger partial charge in [-0.3, -0.25) is 0 Å². The Balaban J connectivity index is 1.85. The van der Waals surface area contributed by atoms with Crippen molar-refractivity contribution in [3.05, 3.63) is 0 Å². The monoisotopic (exact) mass is 182 g/mol. The van der Waals surface area contributed by atoms with Gasteiger partial charge in [-0.05, 0) is 36.7 Å². The topological polar surface area (TPSA) is 0 Å². The van der Waals surface area contributed by atoms with E-state index < -0.39 is 0 Å². The van der Waals surface area contributed by atoms with E-state index in [2.05, 4.69) is 17.7 Å². The van der Waals surface area contributed by atoms with E-state index in [1.54, 1.807) is 0 Å². The van der Waals surface area contributed by atoms with Crippen molar-refractivity contribution >= 4 is 11.8 Å². The molecule has 0 unspecified atom stereocenters. The van der Waals surface area contributed by atoms with E-state index in [0.29, 0.717) is 0 Å². The minimum atomic E-state index is 0.956. The van der Waals surface area contributed by atoms with Crippen molar-refractivity contribution in [2.24, 2.45) is 5.92 Å². The molecule has 0 amide bonds. The molecular formula is C11H18S. The zero-order valence-electron chi connectivity index (χ0n) is 7.72. The summed E-state index contributed by atoms with van der Waals surface area (Å²) in [6.45, 7) is 0. The van der Waals surface area contributed by atoms with Crippen molar-refractivity contribution in [3.63, 3.8) is 0 Å². The Morgan fingerprint density at radius 1 is 1.33 bits per heavy atom. The normalized spacial score (nSPS) is 17.9. The highest BCUT2D eigenvalue weighted by Crippen LogP contribution is 2.27. The molecule has 0 aliphatic heterocycles. The molecule has 0 atom stereocenters. The van der Waals surface area contributed by atoms with Gasteiger partial charge >= 0.3 is 0 Å². The molecule has 0 aromatic carbocycles. The Hall–Kier alpha value is -0.0900. The predicted molar refractivity (Wildman–Crippen MR) is 57.4 cm³/mol. The Labute approximate surface area is 80.5 Å². The molecule has 0 aromatic rings. The van der Waals surface area contributed by atoms with Crippen LogP contribution in [0.2, 0.25) is 0 Å². The second kappa shape index (κ2) is 6.43. The lowest BCUT2D eigenvalue weighted by Crippen LogP contribution is -1.97. The molecule has 1 rings (SSSR count). The van der Waals surface area contributed by atoms with Crippen molar-refractivity contribution in [1.29, 1.82) is 0 Å². The fourth-order valence-corrected chi connectivity index (χ4v) is 2.89. The summed E-state index contributed by atoms with van der Waals surface area (Å²) in [7, 11) is 0. The predicted octanol–water partition coefficient (Wildman–Crippen LogP) is 3.32. The number of thioether (sulfide) groups is 1. The molecule has 12 heavy (non-hydrogen) atoms. The molecule has 1 aliphatic carbocycles. The van der Waals surface area contributed by atoms with Crippen LogP contribution < -0.4 is 0 Å². The largest absolute Gasteiger partial charge is 0.162 e. The van der Waals surface area contributed by atoms with Crippen molar-refractivity contribution in [2.75, 3.05) is 11.5 Å². The maximum absolute atomic E-state index is 5.17. The van der Waals surface area contributed by atoms with E-state index in [-0.39, 0.29) is 0 Å². The van der Waals surface area contributed by atoms with Crippen LogP contribution in [-0.4, -0.2) is 11.5 Å². The lowest BCUT2D eigenvalue weighted by Gasteiger charge is -2.06. The lowest BCUT2D eigenvalue weighted by atomic mass is 10.1. The van der Waals surface area contributed by atoms with Crippen molar-refractivity contribution in [2.45, 2.75) is 38.5 Å². The summed E-state index contributed by atoms with van der Waals surface area (Å²) in [5.41, 5.74) is 0. The average molecular weight is 182 g/mol. The van der Waals surface area contributed by atoms with Gasteiger partial charge < -0.3 is 0 Å². The minimum absolute atomic E-state index is 0.956. The molecule has 0 bridgehead atoms. The van der Waals surface area contributed by atoms with Crippen molar-refractivity contribution in [3.8, 4) is 12.3 Å². The summed E-state index contributed by atoms with van der Waals surface area (Å²) in [6, 6.07) is 0. The zero-order chi connectivity index (χ0) is 8.65. The van der Waals surface area contributed by atoms with E-state index >= 15 is 0 Å². The lowest BCUT2D eigenvalue weighted by molar-refractivity contribution is 0.623. The second-order valence-corrected chi connectivity index (χ2v) is 4.68. The highest BCUT2D eigenvalue weighted by atomic mass is 32.2. The molecule has 1 saturated carbocycles. The van der Waals surface area contributed by atoms with Crippen LogP contribution in [0, 0.1) is 18.3 Å². The van der Waals surface area contributed by atoms with Crippen LogP contribution in [0.5, 0.6) is 0 Å². The van der Waals surface area contributed by atoms with Gasteiger partial charge in [0, 0.05) is 6.42 Å². The molecular weight excluding hydrogens is 164 g/mol. The Morgan fingerprint density at radius 2 is 2.08 bits per heavy atom. The van der Waals surface area contributed by atoms with E-state index in [1.165, 1.54) is 43.6 Å². The number of hydrogen-bond donors (Lipinski definition) is 0. The van der Waals surface area contributed by atoms with Crippen LogP contribution in [0.3, 0.4) is 0 Å². The van der Waals surface area contributed by atoms with Crippen LogP contribution in [0.15, 0.2) is 0 Å². The highest BCUT2D eigenvalue weighted by Gasteiger charge is 2.13. The van der Waals surface area contributed by atoms with E-state index in [1.807, 2.05) is 0 Å². The van der Waals surface area contributed by atoms with Crippen LogP contribution in [-0.2, 0) is 0 Å². The van der Waals surface area contributed by atoms with E-state index in [0.717, 1.165) is 12.3 Å². The van der Waals surface area contributed by atoms with Crippen LogP contribution >= 0.6 is 11.8 Å². The van der Waals surface area contributed by atoms with Crippen molar-refractivity contribution < 1.29 is 0 Å². The van der Waals surface area contributed by atoms with Crippen LogP contribution in [0.4, 0.5) is 0 Å². The quantitative estimate of drug-likeness (QED) is 0.464. The Kier molecular flexibility index (Phi) is 5.35. The average Bonchev–Trinajstić information content (AvgIpc) is 2.57. The van der Waals surface area contributed by atoms with Gasteiger partial charge in [-0.15, -0.1) is 12.3 Å². The minimum Gasteiger partial charge on any atom is -0.162 e. The van der Waals surface area contributed by atoms with Crippen LogP contribution in [0.1, 0.15) is 38.5 Å².